The van der Waals surface area contributed by atoms with E-state index in [-0.39, 0.29) is 17.6 Å². The lowest BCUT2D eigenvalue weighted by atomic mass is 9.83. The minimum absolute atomic E-state index is 0.0660. The van der Waals surface area contributed by atoms with Crippen LogP contribution in [0.4, 0.5) is 0 Å². The summed E-state index contributed by atoms with van der Waals surface area (Å²) in [5, 5.41) is 2.56. The van der Waals surface area contributed by atoms with Gasteiger partial charge in [0.1, 0.15) is 5.78 Å². The van der Waals surface area contributed by atoms with Crippen LogP contribution in [0.2, 0.25) is 0 Å². The topological polar surface area (TPSA) is 46.2 Å². The van der Waals surface area contributed by atoms with E-state index >= 15 is 0 Å². The molecular formula is C10H14Cl3NO2. The number of hydrogen-bond acceptors (Lipinski definition) is 2. The van der Waals surface area contributed by atoms with Crippen molar-refractivity contribution in [2.75, 3.05) is 0 Å². The number of alkyl halides is 3. The fourth-order valence-electron chi connectivity index (χ4n) is 1.99. The summed E-state index contributed by atoms with van der Waals surface area (Å²) in [5.41, 5.74) is 0. The van der Waals surface area contributed by atoms with Gasteiger partial charge in [0.15, 0.2) is 0 Å². The number of halogens is 3. The van der Waals surface area contributed by atoms with Crippen molar-refractivity contribution in [3.8, 4) is 0 Å². The van der Waals surface area contributed by atoms with Crippen molar-refractivity contribution >= 4 is 46.5 Å². The molecule has 0 heterocycles. The standard InChI is InChI=1S/C10H14Cl3NO2/c1-6(15)14-9(10(11,12)13)7-4-2-3-5-8(7)16/h7,9H,2-5H2,1H3,(H,14,15). The third-order valence-electron chi connectivity index (χ3n) is 2.72. The number of rotatable bonds is 2. The fraction of sp³-hybridized carbons (Fsp3) is 0.800. The molecule has 92 valence electrons. The molecule has 0 spiro atoms. The Bertz CT molecular complexity index is 288. The summed E-state index contributed by atoms with van der Waals surface area (Å²) < 4.78 is -1.65. The largest absolute Gasteiger partial charge is 0.349 e. The van der Waals surface area contributed by atoms with E-state index in [9.17, 15) is 9.59 Å². The van der Waals surface area contributed by atoms with E-state index in [0.717, 1.165) is 12.8 Å². The summed E-state index contributed by atoms with van der Waals surface area (Å²) in [5.74, 6) is -0.615. The van der Waals surface area contributed by atoms with Gasteiger partial charge >= 0.3 is 0 Å². The molecule has 0 saturated heterocycles. The minimum atomic E-state index is -1.65. The molecule has 1 fully saturated rings. The zero-order valence-corrected chi connectivity index (χ0v) is 11.2. The highest BCUT2D eigenvalue weighted by Crippen LogP contribution is 2.38. The molecule has 2 unspecified atom stereocenters. The van der Waals surface area contributed by atoms with Crippen LogP contribution < -0.4 is 5.32 Å². The molecule has 3 nitrogen and oxygen atoms in total. The Balaban J connectivity index is 2.82. The van der Waals surface area contributed by atoms with Gasteiger partial charge in [-0.15, -0.1) is 0 Å². The van der Waals surface area contributed by atoms with E-state index in [1.54, 1.807) is 0 Å². The quantitative estimate of drug-likeness (QED) is 0.793. The predicted molar refractivity (Wildman–Crippen MR) is 64.9 cm³/mol. The van der Waals surface area contributed by atoms with Gasteiger partial charge in [0, 0.05) is 19.3 Å². The average molecular weight is 287 g/mol. The van der Waals surface area contributed by atoms with Crippen LogP contribution in [0.1, 0.15) is 32.6 Å². The molecule has 0 bridgehead atoms. The highest BCUT2D eigenvalue weighted by molar-refractivity contribution is 6.68. The fourth-order valence-corrected chi connectivity index (χ4v) is 2.61. The second kappa shape index (κ2) is 5.56. The molecule has 0 aromatic carbocycles. The molecule has 6 heteroatoms. The van der Waals surface area contributed by atoms with Gasteiger partial charge in [-0.05, 0) is 12.8 Å². The van der Waals surface area contributed by atoms with E-state index in [0.29, 0.717) is 12.8 Å². The Hall–Kier alpha value is 0.01000. The Morgan fingerprint density at radius 2 is 2.06 bits per heavy atom. The van der Waals surface area contributed by atoms with E-state index < -0.39 is 9.83 Å². The highest BCUT2D eigenvalue weighted by Gasteiger charge is 2.42. The number of amides is 1. The normalized spacial score (nSPS) is 24.0. The van der Waals surface area contributed by atoms with Crippen molar-refractivity contribution in [3.63, 3.8) is 0 Å². The highest BCUT2D eigenvalue weighted by atomic mass is 35.6. The second-order valence-corrected chi connectivity index (χ2v) is 6.41. The van der Waals surface area contributed by atoms with Crippen molar-refractivity contribution in [3.05, 3.63) is 0 Å². The Morgan fingerprint density at radius 3 is 2.50 bits per heavy atom. The number of carbonyl (C=O) groups excluding carboxylic acids is 2. The molecule has 0 aliphatic heterocycles. The monoisotopic (exact) mass is 285 g/mol. The number of ketones is 1. The Labute approximate surface area is 110 Å². The van der Waals surface area contributed by atoms with Crippen LogP contribution in [0.15, 0.2) is 0 Å². The first kappa shape index (κ1) is 14.1. The van der Waals surface area contributed by atoms with Crippen molar-refractivity contribution in [1.29, 1.82) is 0 Å². The Morgan fingerprint density at radius 1 is 1.44 bits per heavy atom. The van der Waals surface area contributed by atoms with Crippen LogP contribution in [0, 0.1) is 5.92 Å². The first-order chi connectivity index (χ1) is 7.32. The molecule has 1 saturated carbocycles. The molecule has 1 aliphatic carbocycles. The molecule has 1 aliphatic rings. The number of Topliss-reactive ketones (excluding diaryl/α,β-unsaturated/α-hetero) is 1. The van der Waals surface area contributed by atoms with E-state index in [4.69, 9.17) is 34.8 Å². The van der Waals surface area contributed by atoms with Crippen LogP contribution in [0.25, 0.3) is 0 Å². The molecule has 16 heavy (non-hydrogen) atoms. The van der Waals surface area contributed by atoms with E-state index in [2.05, 4.69) is 5.32 Å². The zero-order chi connectivity index (χ0) is 12.3. The molecule has 2 atom stereocenters. The SMILES string of the molecule is CC(=O)NC(C1CCCCC1=O)C(Cl)(Cl)Cl. The lowest BCUT2D eigenvalue weighted by molar-refractivity contribution is -0.126. The van der Waals surface area contributed by atoms with Gasteiger partial charge in [0.05, 0.1) is 6.04 Å². The molecule has 0 aromatic rings. The van der Waals surface area contributed by atoms with Gasteiger partial charge in [-0.1, -0.05) is 41.2 Å². The smallest absolute Gasteiger partial charge is 0.217 e. The van der Waals surface area contributed by atoms with Crippen LogP contribution >= 0.6 is 34.8 Å². The summed E-state index contributed by atoms with van der Waals surface area (Å²) in [6.07, 6.45) is 2.97. The zero-order valence-electron chi connectivity index (χ0n) is 8.93. The predicted octanol–water partition coefficient (Wildman–Crippen LogP) is 2.62. The lowest BCUT2D eigenvalue weighted by Gasteiger charge is -2.33. The maximum absolute atomic E-state index is 11.7. The molecule has 0 aromatic heterocycles. The van der Waals surface area contributed by atoms with Gasteiger partial charge in [-0.25, -0.2) is 0 Å². The molecular weight excluding hydrogens is 272 g/mol. The van der Waals surface area contributed by atoms with Gasteiger partial charge in [-0.3, -0.25) is 9.59 Å². The van der Waals surface area contributed by atoms with Gasteiger partial charge in [-0.2, -0.15) is 0 Å². The average Bonchev–Trinajstić information content (AvgIpc) is 2.13. The summed E-state index contributed by atoms with van der Waals surface area (Å²) in [4.78, 5) is 22.8. The third-order valence-corrected chi connectivity index (χ3v) is 3.42. The minimum Gasteiger partial charge on any atom is -0.349 e. The van der Waals surface area contributed by atoms with Gasteiger partial charge in [0.25, 0.3) is 0 Å². The summed E-state index contributed by atoms with van der Waals surface area (Å²) in [7, 11) is 0. The van der Waals surface area contributed by atoms with Crippen molar-refractivity contribution in [2.45, 2.75) is 42.4 Å². The molecule has 1 amide bonds. The van der Waals surface area contributed by atoms with Crippen LogP contribution in [0.5, 0.6) is 0 Å². The van der Waals surface area contributed by atoms with Crippen molar-refractivity contribution in [1.82, 2.24) is 5.32 Å². The first-order valence-electron chi connectivity index (χ1n) is 5.19. The van der Waals surface area contributed by atoms with Crippen LogP contribution in [-0.4, -0.2) is 21.5 Å². The van der Waals surface area contributed by atoms with Gasteiger partial charge in [0.2, 0.25) is 9.70 Å². The molecule has 0 radical (unpaired) electrons. The van der Waals surface area contributed by atoms with Crippen molar-refractivity contribution in [2.24, 2.45) is 5.92 Å². The molecule has 1 rings (SSSR count). The van der Waals surface area contributed by atoms with E-state index in [1.807, 2.05) is 0 Å². The second-order valence-electron chi connectivity index (χ2n) is 4.04. The first-order valence-corrected chi connectivity index (χ1v) is 6.32. The Kier molecular flexibility index (Phi) is 4.89. The number of nitrogens with one attached hydrogen (secondary N) is 1. The lowest BCUT2D eigenvalue weighted by Crippen LogP contribution is -2.51. The van der Waals surface area contributed by atoms with Crippen LogP contribution in [0.3, 0.4) is 0 Å². The number of hydrogen-bond donors (Lipinski definition) is 1. The van der Waals surface area contributed by atoms with Crippen molar-refractivity contribution < 1.29 is 9.59 Å². The van der Waals surface area contributed by atoms with E-state index in [1.165, 1.54) is 6.92 Å². The van der Waals surface area contributed by atoms with Gasteiger partial charge < -0.3 is 5.32 Å². The maximum Gasteiger partial charge on any atom is 0.217 e. The third kappa shape index (κ3) is 3.79. The molecule has 1 N–H and O–H groups in total. The maximum atomic E-state index is 11.7. The summed E-state index contributed by atoms with van der Waals surface area (Å²) in [6.45, 7) is 1.34. The van der Waals surface area contributed by atoms with Crippen LogP contribution in [-0.2, 0) is 9.59 Å². The summed E-state index contributed by atoms with van der Waals surface area (Å²) in [6, 6.07) is -0.734. The summed E-state index contributed by atoms with van der Waals surface area (Å²) >= 11 is 17.4. The number of carbonyl (C=O) groups is 2.